The molecule has 16 heavy (non-hydrogen) atoms. The van der Waals surface area contributed by atoms with Crippen LogP contribution < -0.4 is 0 Å². The molecule has 0 atom stereocenters. The lowest BCUT2D eigenvalue weighted by Gasteiger charge is -2.17. The van der Waals surface area contributed by atoms with E-state index in [1.807, 2.05) is 0 Å². The molecular weight excluding hydrogens is 213 g/mol. The predicted octanol–water partition coefficient (Wildman–Crippen LogP) is 4.23. The van der Waals surface area contributed by atoms with Crippen molar-refractivity contribution in [1.29, 1.82) is 0 Å². The number of benzene rings is 1. The van der Waals surface area contributed by atoms with Crippen LogP contribution in [0.5, 0.6) is 0 Å². The monoisotopic (exact) mass is 226 g/mol. The molecule has 0 unspecified atom stereocenters. The Morgan fingerprint density at radius 1 is 1.12 bits per heavy atom. The fourth-order valence-corrected chi connectivity index (χ4v) is 2.13. The van der Waals surface area contributed by atoms with Gasteiger partial charge in [0.25, 0.3) is 0 Å². The lowest BCUT2D eigenvalue weighted by molar-refractivity contribution is 0.439. The van der Waals surface area contributed by atoms with Gasteiger partial charge in [0.15, 0.2) is 17.5 Å². The molecule has 0 N–H and O–H groups in total. The summed E-state index contributed by atoms with van der Waals surface area (Å²) >= 11 is 0. The molecule has 86 valence electrons. The molecule has 0 saturated heterocycles. The number of hydrogen-bond donors (Lipinski definition) is 0. The number of rotatable bonds is 2. The maximum absolute atomic E-state index is 13.4. The smallest absolute Gasteiger partial charge is 0.194 e. The molecule has 0 nitrogen and oxygen atoms in total. The van der Waals surface area contributed by atoms with E-state index in [-0.39, 0.29) is 0 Å². The second-order valence-electron chi connectivity index (χ2n) is 4.11. The summed E-state index contributed by atoms with van der Waals surface area (Å²) in [6.07, 6.45) is 4.92. The number of fused-ring (bicyclic) bond motifs is 1. The summed E-state index contributed by atoms with van der Waals surface area (Å²) in [7, 11) is 0. The summed E-state index contributed by atoms with van der Waals surface area (Å²) in [5.41, 5.74) is 1.98. The van der Waals surface area contributed by atoms with E-state index in [4.69, 9.17) is 0 Å². The van der Waals surface area contributed by atoms with E-state index in [9.17, 15) is 13.2 Å². The van der Waals surface area contributed by atoms with Crippen LogP contribution in [0.2, 0.25) is 0 Å². The van der Waals surface area contributed by atoms with E-state index < -0.39 is 17.5 Å². The molecule has 0 radical (unpaired) electrons. The molecule has 0 heterocycles. The third-order valence-electron chi connectivity index (χ3n) is 2.92. The predicted molar refractivity (Wildman–Crippen MR) is 57.5 cm³/mol. The molecule has 0 spiro atoms. The molecule has 0 saturated carbocycles. The third-order valence-corrected chi connectivity index (χ3v) is 2.92. The number of hydrogen-bond acceptors (Lipinski definition) is 0. The molecule has 3 heteroatoms. The Bertz CT molecular complexity index is 447. The maximum Gasteiger partial charge on any atom is 0.194 e. The molecule has 1 aliphatic carbocycles. The Labute approximate surface area is 92.8 Å². The van der Waals surface area contributed by atoms with Crippen LogP contribution in [-0.2, 0) is 6.42 Å². The first-order valence-corrected chi connectivity index (χ1v) is 5.49. The first-order chi connectivity index (χ1) is 7.63. The largest absolute Gasteiger partial charge is 0.204 e. The molecule has 0 aromatic heterocycles. The first kappa shape index (κ1) is 11.2. The second kappa shape index (κ2) is 4.32. The normalized spacial score (nSPS) is 14.6. The Morgan fingerprint density at radius 3 is 2.56 bits per heavy atom. The highest BCUT2D eigenvalue weighted by atomic mass is 19.2. The number of allylic oxidation sites excluding steroid dienone is 1. The SMILES string of the molecule is CCCC1=Cc2cc(F)c(F)c(F)c2CC1. The van der Waals surface area contributed by atoms with Gasteiger partial charge in [-0.25, -0.2) is 13.2 Å². The third kappa shape index (κ3) is 1.86. The Morgan fingerprint density at radius 2 is 1.88 bits per heavy atom. The fourth-order valence-electron chi connectivity index (χ4n) is 2.13. The van der Waals surface area contributed by atoms with Crippen LogP contribution in [0.3, 0.4) is 0 Å². The van der Waals surface area contributed by atoms with Gasteiger partial charge >= 0.3 is 0 Å². The van der Waals surface area contributed by atoms with Gasteiger partial charge in [0, 0.05) is 0 Å². The van der Waals surface area contributed by atoms with Crippen molar-refractivity contribution in [3.63, 3.8) is 0 Å². The van der Waals surface area contributed by atoms with Crippen molar-refractivity contribution >= 4 is 6.08 Å². The highest BCUT2D eigenvalue weighted by Crippen LogP contribution is 2.30. The van der Waals surface area contributed by atoms with E-state index in [0.717, 1.165) is 25.3 Å². The van der Waals surface area contributed by atoms with Crippen molar-refractivity contribution in [3.8, 4) is 0 Å². The average molecular weight is 226 g/mol. The van der Waals surface area contributed by atoms with Gasteiger partial charge in [-0.1, -0.05) is 25.0 Å². The minimum absolute atomic E-state index is 0.304. The summed E-state index contributed by atoms with van der Waals surface area (Å²) in [6.45, 7) is 2.06. The average Bonchev–Trinajstić information content (AvgIpc) is 2.26. The van der Waals surface area contributed by atoms with Crippen LogP contribution in [0.4, 0.5) is 13.2 Å². The first-order valence-electron chi connectivity index (χ1n) is 5.49. The van der Waals surface area contributed by atoms with Gasteiger partial charge in [0.2, 0.25) is 0 Å². The maximum atomic E-state index is 13.4. The van der Waals surface area contributed by atoms with E-state index in [0.29, 0.717) is 17.5 Å². The Hall–Kier alpha value is -1.25. The van der Waals surface area contributed by atoms with E-state index in [1.54, 1.807) is 6.08 Å². The molecule has 1 aromatic carbocycles. The van der Waals surface area contributed by atoms with E-state index in [2.05, 4.69) is 6.92 Å². The minimum atomic E-state index is -1.36. The molecule has 0 amide bonds. The minimum Gasteiger partial charge on any atom is -0.204 e. The van der Waals surface area contributed by atoms with Gasteiger partial charge in [-0.2, -0.15) is 0 Å². The summed E-state index contributed by atoms with van der Waals surface area (Å²) < 4.78 is 39.4. The zero-order valence-electron chi connectivity index (χ0n) is 9.12. The highest BCUT2D eigenvalue weighted by molar-refractivity contribution is 5.60. The van der Waals surface area contributed by atoms with E-state index in [1.165, 1.54) is 5.57 Å². The van der Waals surface area contributed by atoms with Crippen LogP contribution in [0, 0.1) is 17.5 Å². The van der Waals surface area contributed by atoms with Gasteiger partial charge < -0.3 is 0 Å². The molecule has 2 rings (SSSR count). The van der Waals surface area contributed by atoms with Gasteiger partial charge in [0.05, 0.1) is 0 Å². The fraction of sp³-hybridized carbons (Fsp3) is 0.385. The van der Waals surface area contributed by atoms with Crippen LogP contribution in [0.1, 0.15) is 37.3 Å². The van der Waals surface area contributed by atoms with Crippen molar-refractivity contribution < 1.29 is 13.2 Å². The van der Waals surface area contributed by atoms with Crippen LogP contribution in [-0.4, -0.2) is 0 Å². The van der Waals surface area contributed by atoms with Crippen LogP contribution in [0.15, 0.2) is 11.6 Å². The molecular formula is C13H13F3. The van der Waals surface area contributed by atoms with Crippen molar-refractivity contribution in [2.24, 2.45) is 0 Å². The van der Waals surface area contributed by atoms with E-state index >= 15 is 0 Å². The number of halogens is 3. The molecule has 1 aliphatic rings. The topological polar surface area (TPSA) is 0 Å². The van der Waals surface area contributed by atoms with Crippen molar-refractivity contribution in [1.82, 2.24) is 0 Å². The molecule has 0 bridgehead atoms. The zero-order valence-corrected chi connectivity index (χ0v) is 9.12. The van der Waals surface area contributed by atoms with Crippen molar-refractivity contribution in [2.75, 3.05) is 0 Å². The van der Waals surface area contributed by atoms with Crippen molar-refractivity contribution in [3.05, 3.63) is 40.2 Å². The lowest BCUT2D eigenvalue weighted by atomic mass is 9.89. The van der Waals surface area contributed by atoms with Crippen LogP contribution in [0.25, 0.3) is 6.08 Å². The van der Waals surface area contributed by atoms with Crippen LogP contribution >= 0.6 is 0 Å². The molecule has 1 aromatic rings. The highest BCUT2D eigenvalue weighted by Gasteiger charge is 2.20. The molecule has 0 aliphatic heterocycles. The summed E-state index contributed by atoms with van der Waals surface area (Å²) in [4.78, 5) is 0. The zero-order chi connectivity index (χ0) is 11.7. The Kier molecular flexibility index (Phi) is 3.03. The standard InChI is InChI=1S/C13H13F3/c1-2-3-8-4-5-10-9(6-8)7-11(14)13(16)12(10)15/h6-7H,2-5H2,1H3. The summed E-state index contributed by atoms with van der Waals surface area (Å²) in [5.74, 6) is -3.49. The van der Waals surface area contributed by atoms with Gasteiger partial charge in [-0.15, -0.1) is 0 Å². The second-order valence-corrected chi connectivity index (χ2v) is 4.11. The molecule has 0 fully saturated rings. The quantitative estimate of drug-likeness (QED) is 0.662. The Balaban J connectivity index is 2.47. The van der Waals surface area contributed by atoms with Gasteiger partial charge in [-0.3, -0.25) is 0 Å². The van der Waals surface area contributed by atoms with Gasteiger partial charge in [0.1, 0.15) is 0 Å². The summed E-state index contributed by atoms with van der Waals surface area (Å²) in [6, 6.07) is 1.09. The van der Waals surface area contributed by atoms with Gasteiger partial charge in [-0.05, 0) is 36.5 Å². The summed E-state index contributed by atoms with van der Waals surface area (Å²) in [5, 5.41) is 0. The van der Waals surface area contributed by atoms with Crippen molar-refractivity contribution in [2.45, 2.75) is 32.6 Å². The lowest BCUT2D eigenvalue weighted by Crippen LogP contribution is -2.06.